The molecular weight excluding hydrogens is 260 g/mol. The number of fused-ring (bicyclic) bond motifs is 2. The molecule has 0 saturated carbocycles. The molecule has 3 rings (SSSR count). The summed E-state index contributed by atoms with van der Waals surface area (Å²) in [6.07, 6.45) is -0.449. The Kier molecular flexibility index (Phi) is 2.93. The first-order chi connectivity index (χ1) is 9.41. The molecule has 0 fully saturated rings. The molecule has 4 N–H and O–H groups in total. The first kappa shape index (κ1) is 13.3. The molecule has 1 aromatic rings. The van der Waals surface area contributed by atoms with E-state index in [2.05, 4.69) is 0 Å². The van der Waals surface area contributed by atoms with Crippen molar-refractivity contribution in [3.8, 4) is 5.75 Å². The number of rotatable bonds is 0. The van der Waals surface area contributed by atoms with Crippen LogP contribution in [0.4, 0.5) is 0 Å². The summed E-state index contributed by atoms with van der Waals surface area (Å²) < 4.78 is 0. The van der Waals surface area contributed by atoms with Crippen molar-refractivity contribution in [1.29, 1.82) is 0 Å². The predicted molar refractivity (Wildman–Crippen MR) is 70.3 cm³/mol. The van der Waals surface area contributed by atoms with Gasteiger partial charge >= 0.3 is 0 Å². The molecule has 0 radical (unpaired) electrons. The van der Waals surface area contributed by atoms with Crippen LogP contribution in [-0.4, -0.2) is 38.4 Å². The molecule has 0 saturated heterocycles. The first-order valence-electron chi connectivity index (χ1n) is 6.52. The minimum atomic E-state index is -1.28. The Bertz CT molecular complexity index is 607. The average Bonchev–Trinajstić information content (AvgIpc) is 2.38. The lowest BCUT2D eigenvalue weighted by Crippen LogP contribution is -2.48. The molecule has 0 aliphatic heterocycles. The fourth-order valence-corrected chi connectivity index (χ4v) is 3.22. The normalized spacial score (nSPS) is 35.6. The van der Waals surface area contributed by atoms with Crippen LogP contribution in [0.15, 0.2) is 24.3 Å². The molecule has 5 unspecified atom stereocenters. The number of aromatic hydroxyl groups is 1. The van der Waals surface area contributed by atoms with E-state index in [-0.39, 0.29) is 11.3 Å². The summed E-state index contributed by atoms with van der Waals surface area (Å²) in [5.74, 6) is -2.16. The molecule has 106 valence electrons. The van der Waals surface area contributed by atoms with Gasteiger partial charge in [-0.1, -0.05) is 18.2 Å². The maximum absolute atomic E-state index is 12.5. The highest BCUT2D eigenvalue weighted by Gasteiger charge is 2.48. The quantitative estimate of drug-likeness (QED) is 0.516. The second-order valence-electron chi connectivity index (χ2n) is 5.53. The van der Waals surface area contributed by atoms with Crippen LogP contribution >= 0.6 is 0 Å². The summed E-state index contributed by atoms with van der Waals surface area (Å²) in [6.45, 7) is 1.76. The molecule has 2 aliphatic carbocycles. The summed E-state index contributed by atoms with van der Waals surface area (Å²) in [7, 11) is 0. The van der Waals surface area contributed by atoms with E-state index in [1.54, 1.807) is 19.1 Å². The van der Waals surface area contributed by atoms with Crippen LogP contribution in [0.2, 0.25) is 0 Å². The van der Waals surface area contributed by atoms with E-state index in [0.717, 1.165) is 5.56 Å². The van der Waals surface area contributed by atoms with E-state index < -0.39 is 35.9 Å². The van der Waals surface area contributed by atoms with Crippen molar-refractivity contribution in [3.05, 3.63) is 41.0 Å². The minimum absolute atomic E-state index is 0.0471. The number of phenols is 1. The average molecular weight is 276 g/mol. The highest BCUT2D eigenvalue weighted by molar-refractivity contribution is 6.03. The molecule has 5 nitrogen and oxygen atoms in total. The maximum Gasteiger partial charge on any atom is 0.173 e. The highest BCUT2D eigenvalue weighted by atomic mass is 16.3. The monoisotopic (exact) mass is 276 g/mol. The van der Waals surface area contributed by atoms with Crippen molar-refractivity contribution >= 4 is 5.78 Å². The van der Waals surface area contributed by atoms with Crippen molar-refractivity contribution in [2.75, 3.05) is 0 Å². The molecule has 2 aliphatic rings. The van der Waals surface area contributed by atoms with Gasteiger partial charge in [0, 0.05) is 5.92 Å². The smallest absolute Gasteiger partial charge is 0.173 e. The fourth-order valence-electron chi connectivity index (χ4n) is 3.22. The van der Waals surface area contributed by atoms with Crippen LogP contribution in [0.3, 0.4) is 0 Å². The molecule has 1 aromatic carbocycles. The third-order valence-electron chi connectivity index (χ3n) is 4.19. The van der Waals surface area contributed by atoms with E-state index in [0.29, 0.717) is 5.56 Å². The van der Waals surface area contributed by atoms with Crippen LogP contribution in [-0.2, 0) is 0 Å². The van der Waals surface area contributed by atoms with Crippen LogP contribution in [0.25, 0.3) is 0 Å². The third-order valence-corrected chi connectivity index (χ3v) is 4.19. The van der Waals surface area contributed by atoms with Gasteiger partial charge < -0.3 is 20.4 Å². The zero-order valence-corrected chi connectivity index (χ0v) is 10.9. The molecule has 0 spiro atoms. The number of hydrogen-bond donors (Lipinski definition) is 4. The SMILES string of the molecule is Cc1cc(O)c2c(c1)C(O)C1C=CC(O)C(O)C1C2=O. The minimum Gasteiger partial charge on any atom is -0.507 e. The van der Waals surface area contributed by atoms with Crippen molar-refractivity contribution in [2.45, 2.75) is 25.2 Å². The number of carbonyl (C=O) groups excluding carboxylic acids is 1. The molecule has 5 heteroatoms. The molecule has 0 bridgehead atoms. The lowest BCUT2D eigenvalue weighted by molar-refractivity contribution is -0.0337. The number of benzene rings is 1. The Morgan fingerprint density at radius 1 is 1.10 bits per heavy atom. The highest BCUT2D eigenvalue weighted by Crippen LogP contribution is 2.45. The van der Waals surface area contributed by atoms with Gasteiger partial charge in [-0.3, -0.25) is 4.79 Å². The van der Waals surface area contributed by atoms with E-state index >= 15 is 0 Å². The second kappa shape index (κ2) is 4.41. The number of aryl methyl sites for hydroxylation is 1. The summed E-state index contributed by atoms with van der Waals surface area (Å²) in [5, 5.41) is 40.1. The number of aliphatic hydroxyl groups is 3. The topological polar surface area (TPSA) is 98.0 Å². The third kappa shape index (κ3) is 1.71. The Balaban J connectivity index is 2.19. The van der Waals surface area contributed by atoms with Crippen LogP contribution in [0.1, 0.15) is 27.6 Å². The van der Waals surface area contributed by atoms with Crippen LogP contribution < -0.4 is 0 Å². The Hall–Kier alpha value is -1.69. The van der Waals surface area contributed by atoms with Gasteiger partial charge in [0.1, 0.15) is 5.75 Å². The fraction of sp³-hybridized carbons (Fsp3) is 0.400. The molecule has 0 amide bonds. The van der Waals surface area contributed by atoms with Crippen LogP contribution in [0, 0.1) is 18.8 Å². The van der Waals surface area contributed by atoms with E-state index in [1.165, 1.54) is 12.1 Å². The van der Waals surface area contributed by atoms with Crippen molar-refractivity contribution in [3.63, 3.8) is 0 Å². The lowest BCUT2D eigenvalue weighted by atomic mass is 9.67. The Morgan fingerprint density at radius 2 is 1.80 bits per heavy atom. The molecular formula is C15H16O5. The standard InChI is InChI=1S/C15H16O5/c1-6-4-8-11(10(17)5-6)15(20)12-7(13(8)18)2-3-9(16)14(12)19/h2-5,7,9,12-14,16-19H,1H3. The summed E-state index contributed by atoms with van der Waals surface area (Å²) in [5.41, 5.74) is 1.17. The number of Topliss-reactive ketones (excluding diaryl/α,β-unsaturated/α-hetero) is 1. The van der Waals surface area contributed by atoms with Gasteiger partial charge in [-0.25, -0.2) is 0 Å². The van der Waals surface area contributed by atoms with Crippen LogP contribution in [0.5, 0.6) is 5.75 Å². The second-order valence-corrected chi connectivity index (χ2v) is 5.53. The van der Waals surface area contributed by atoms with Gasteiger partial charge in [-0.05, 0) is 24.1 Å². The van der Waals surface area contributed by atoms with E-state index in [4.69, 9.17) is 0 Å². The first-order valence-corrected chi connectivity index (χ1v) is 6.52. The van der Waals surface area contributed by atoms with E-state index in [9.17, 15) is 25.2 Å². The van der Waals surface area contributed by atoms with Gasteiger partial charge in [0.25, 0.3) is 0 Å². The molecule has 0 aromatic heterocycles. The van der Waals surface area contributed by atoms with E-state index in [1.807, 2.05) is 0 Å². The molecule has 5 atom stereocenters. The number of hydrogen-bond acceptors (Lipinski definition) is 5. The maximum atomic E-state index is 12.5. The predicted octanol–water partition coefficient (Wildman–Crippen LogP) is 0.454. The summed E-state index contributed by atoms with van der Waals surface area (Å²) in [4.78, 5) is 12.5. The summed E-state index contributed by atoms with van der Waals surface area (Å²) in [6, 6.07) is 3.12. The number of phenolic OH excluding ortho intramolecular Hbond substituents is 1. The van der Waals surface area contributed by atoms with Gasteiger partial charge in [0.05, 0.1) is 29.8 Å². The van der Waals surface area contributed by atoms with Gasteiger partial charge in [-0.15, -0.1) is 0 Å². The number of aliphatic hydroxyl groups excluding tert-OH is 3. The van der Waals surface area contributed by atoms with Gasteiger partial charge in [-0.2, -0.15) is 0 Å². The van der Waals surface area contributed by atoms with Crippen molar-refractivity contribution in [2.24, 2.45) is 11.8 Å². The Morgan fingerprint density at radius 3 is 2.50 bits per heavy atom. The van der Waals surface area contributed by atoms with Gasteiger partial charge in [0.2, 0.25) is 0 Å². The number of carbonyl (C=O) groups is 1. The molecule has 0 heterocycles. The summed E-state index contributed by atoms with van der Waals surface area (Å²) >= 11 is 0. The lowest BCUT2D eigenvalue weighted by Gasteiger charge is -2.40. The zero-order valence-electron chi connectivity index (χ0n) is 10.9. The molecule has 20 heavy (non-hydrogen) atoms. The van der Waals surface area contributed by atoms with Crippen molar-refractivity contribution < 1.29 is 25.2 Å². The van der Waals surface area contributed by atoms with Gasteiger partial charge in [0.15, 0.2) is 5.78 Å². The number of ketones is 1. The van der Waals surface area contributed by atoms with Crippen molar-refractivity contribution in [1.82, 2.24) is 0 Å². The zero-order chi connectivity index (χ0) is 14.6. The largest absolute Gasteiger partial charge is 0.507 e. The Labute approximate surface area is 115 Å².